The summed E-state index contributed by atoms with van der Waals surface area (Å²) in [5, 5.41) is 9.97. The normalized spacial score (nSPS) is 21.1. The van der Waals surface area contributed by atoms with Crippen LogP contribution in [0.2, 0.25) is 0 Å². The molecule has 0 aromatic carbocycles. The lowest BCUT2D eigenvalue weighted by molar-refractivity contribution is 0.0514. The number of esters is 1. The maximum Gasteiger partial charge on any atom is 0.361 e. The highest BCUT2D eigenvalue weighted by atomic mass is 32.2. The number of hydrogen-bond donors (Lipinski definition) is 1. The summed E-state index contributed by atoms with van der Waals surface area (Å²) in [4.78, 5) is 28.4. The van der Waals surface area contributed by atoms with Gasteiger partial charge in [0, 0.05) is 6.54 Å². The summed E-state index contributed by atoms with van der Waals surface area (Å²) in [6.07, 6.45) is 2.17. The highest BCUT2D eigenvalue weighted by molar-refractivity contribution is 7.92. The van der Waals surface area contributed by atoms with Crippen molar-refractivity contribution in [2.45, 2.75) is 43.9 Å². The third-order valence-corrected chi connectivity index (χ3v) is 7.11. The van der Waals surface area contributed by atoms with Gasteiger partial charge in [-0.3, -0.25) is 9.36 Å². The van der Waals surface area contributed by atoms with Gasteiger partial charge in [-0.25, -0.2) is 18.2 Å². The van der Waals surface area contributed by atoms with Gasteiger partial charge in [-0.05, 0) is 19.8 Å². The Morgan fingerprint density at radius 2 is 2.04 bits per heavy atom. The monoisotopic (exact) mass is 342 g/mol. The van der Waals surface area contributed by atoms with Gasteiger partial charge in [0.25, 0.3) is 5.56 Å². The van der Waals surface area contributed by atoms with E-state index >= 15 is 0 Å². The summed E-state index contributed by atoms with van der Waals surface area (Å²) in [6, 6.07) is 0. The first-order valence-electron chi connectivity index (χ1n) is 7.58. The molecule has 1 aromatic heterocycles. The molecule has 1 saturated carbocycles. The summed E-state index contributed by atoms with van der Waals surface area (Å²) in [7, 11) is -3.48. The zero-order valence-corrected chi connectivity index (χ0v) is 13.6. The van der Waals surface area contributed by atoms with E-state index in [2.05, 4.69) is 4.98 Å². The van der Waals surface area contributed by atoms with Crippen LogP contribution in [0.5, 0.6) is 5.75 Å². The molecule has 0 atom stereocenters. The molecule has 1 aliphatic heterocycles. The van der Waals surface area contributed by atoms with Crippen molar-refractivity contribution in [2.24, 2.45) is 0 Å². The Labute approximate surface area is 133 Å². The predicted molar refractivity (Wildman–Crippen MR) is 80.1 cm³/mol. The molecular formula is C14H18N2O6S. The fourth-order valence-corrected chi connectivity index (χ4v) is 5.63. The zero-order chi connectivity index (χ0) is 16.8. The molecule has 0 saturated heterocycles. The number of sulfone groups is 1. The van der Waals surface area contributed by atoms with Crippen LogP contribution in [0.1, 0.15) is 48.9 Å². The van der Waals surface area contributed by atoms with Gasteiger partial charge in [0.1, 0.15) is 10.6 Å². The number of hydrogen-bond acceptors (Lipinski definition) is 7. The minimum absolute atomic E-state index is 0.0574. The largest absolute Gasteiger partial charge is 0.501 e. The minimum Gasteiger partial charge on any atom is -0.501 e. The second-order valence-corrected chi connectivity index (χ2v) is 8.25. The number of nitrogens with zero attached hydrogens (tertiary/aromatic N) is 2. The van der Waals surface area contributed by atoms with E-state index in [-0.39, 0.29) is 24.7 Å². The first-order valence-corrected chi connectivity index (χ1v) is 9.23. The lowest BCUT2D eigenvalue weighted by atomic mass is 10.1. The maximum atomic E-state index is 12.6. The van der Waals surface area contributed by atoms with Crippen LogP contribution >= 0.6 is 0 Å². The molecule has 1 fully saturated rings. The molecule has 1 aliphatic carbocycles. The standard InChI is InChI=1S/C14H18N2O6S/c1-2-22-12(19)9-10(17)11(18)16-7-8-23(20,21)14(13(16)15-9)5-3-4-6-14/h17H,2-8H2,1H3. The van der Waals surface area contributed by atoms with Crippen LogP contribution < -0.4 is 5.56 Å². The second kappa shape index (κ2) is 5.33. The third kappa shape index (κ3) is 2.17. The molecule has 126 valence electrons. The lowest BCUT2D eigenvalue weighted by Crippen LogP contribution is -2.48. The molecule has 2 aliphatic rings. The van der Waals surface area contributed by atoms with Crippen LogP contribution in [0, 0.1) is 0 Å². The van der Waals surface area contributed by atoms with E-state index in [0.29, 0.717) is 25.7 Å². The fourth-order valence-electron chi connectivity index (χ4n) is 3.47. The lowest BCUT2D eigenvalue weighted by Gasteiger charge is -2.34. The first-order chi connectivity index (χ1) is 10.8. The van der Waals surface area contributed by atoms with Crippen molar-refractivity contribution in [2.75, 3.05) is 12.4 Å². The van der Waals surface area contributed by atoms with Crippen molar-refractivity contribution in [3.05, 3.63) is 21.9 Å². The Bertz CT molecular complexity index is 820. The van der Waals surface area contributed by atoms with Gasteiger partial charge >= 0.3 is 5.97 Å². The van der Waals surface area contributed by atoms with Crippen molar-refractivity contribution < 1.29 is 23.1 Å². The fraction of sp³-hybridized carbons (Fsp3) is 0.643. The van der Waals surface area contributed by atoms with Crippen molar-refractivity contribution in [3.63, 3.8) is 0 Å². The average molecular weight is 342 g/mol. The number of ether oxygens (including phenoxy) is 1. The van der Waals surface area contributed by atoms with E-state index in [0.717, 1.165) is 0 Å². The Kier molecular flexibility index (Phi) is 3.70. The summed E-state index contributed by atoms with van der Waals surface area (Å²) in [5.74, 6) is -1.83. The molecule has 1 spiro atoms. The third-order valence-electron chi connectivity index (χ3n) is 4.61. The Balaban J connectivity index is 2.28. The van der Waals surface area contributed by atoms with Gasteiger partial charge in [-0.1, -0.05) is 12.8 Å². The molecule has 1 aromatic rings. The van der Waals surface area contributed by atoms with Crippen molar-refractivity contribution in [1.29, 1.82) is 0 Å². The van der Waals surface area contributed by atoms with Gasteiger partial charge in [0.15, 0.2) is 15.5 Å². The molecule has 3 rings (SSSR count). The first kappa shape index (κ1) is 16.0. The molecule has 0 amide bonds. The number of fused-ring (bicyclic) bond motifs is 2. The number of aromatic nitrogens is 2. The van der Waals surface area contributed by atoms with Crippen LogP contribution in [-0.4, -0.2) is 41.4 Å². The number of rotatable bonds is 2. The molecule has 23 heavy (non-hydrogen) atoms. The van der Waals surface area contributed by atoms with Gasteiger partial charge in [-0.15, -0.1) is 0 Å². The summed E-state index contributed by atoms with van der Waals surface area (Å²) in [5.41, 5.74) is -1.30. The molecule has 0 bridgehead atoms. The molecular weight excluding hydrogens is 324 g/mol. The highest BCUT2D eigenvalue weighted by Crippen LogP contribution is 2.47. The van der Waals surface area contributed by atoms with Crippen molar-refractivity contribution in [3.8, 4) is 5.75 Å². The highest BCUT2D eigenvalue weighted by Gasteiger charge is 2.53. The van der Waals surface area contributed by atoms with Crippen LogP contribution in [0.15, 0.2) is 4.79 Å². The van der Waals surface area contributed by atoms with Gasteiger partial charge in [-0.2, -0.15) is 0 Å². The molecule has 0 radical (unpaired) electrons. The minimum atomic E-state index is -3.48. The number of carbonyl (C=O) groups is 1. The van der Waals surface area contributed by atoms with Gasteiger partial charge in [0.2, 0.25) is 5.75 Å². The molecule has 2 heterocycles. The second-order valence-electron chi connectivity index (χ2n) is 5.83. The Morgan fingerprint density at radius 1 is 1.39 bits per heavy atom. The predicted octanol–water partition coefficient (Wildman–Crippen LogP) is 0.323. The van der Waals surface area contributed by atoms with Crippen molar-refractivity contribution in [1.82, 2.24) is 9.55 Å². The van der Waals surface area contributed by atoms with Gasteiger partial charge < -0.3 is 9.84 Å². The van der Waals surface area contributed by atoms with Crippen LogP contribution in [-0.2, 0) is 25.9 Å². The Morgan fingerprint density at radius 3 is 2.65 bits per heavy atom. The molecule has 9 heteroatoms. The number of aromatic hydroxyl groups is 1. The van der Waals surface area contributed by atoms with Crippen LogP contribution in [0.25, 0.3) is 0 Å². The van der Waals surface area contributed by atoms with E-state index in [1.807, 2.05) is 0 Å². The number of carbonyl (C=O) groups excluding carboxylic acids is 1. The molecule has 1 N–H and O–H groups in total. The molecule has 0 unspecified atom stereocenters. The summed E-state index contributed by atoms with van der Waals surface area (Å²) >= 11 is 0. The maximum absolute atomic E-state index is 12.6. The zero-order valence-electron chi connectivity index (χ0n) is 12.7. The quantitative estimate of drug-likeness (QED) is 0.770. The van der Waals surface area contributed by atoms with E-state index in [1.54, 1.807) is 6.92 Å². The Hall–Kier alpha value is -1.90. The average Bonchev–Trinajstić information content (AvgIpc) is 2.98. The summed E-state index contributed by atoms with van der Waals surface area (Å²) in [6.45, 7) is 1.58. The SMILES string of the molecule is CCOC(=O)c1nc2n(c(=O)c1O)CCS(=O)(=O)C21CCCC1. The van der Waals surface area contributed by atoms with E-state index in [9.17, 15) is 23.1 Å². The van der Waals surface area contributed by atoms with Crippen molar-refractivity contribution >= 4 is 15.8 Å². The smallest absolute Gasteiger partial charge is 0.361 e. The van der Waals surface area contributed by atoms with E-state index in [4.69, 9.17) is 4.74 Å². The van der Waals surface area contributed by atoms with Crippen LogP contribution in [0.4, 0.5) is 0 Å². The van der Waals surface area contributed by atoms with Gasteiger partial charge in [0.05, 0.1) is 12.4 Å². The topological polar surface area (TPSA) is 116 Å². The van der Waals surface area contributed by atoms with E-state index in [1.165, 1.54) is 4.57 Å². The van der Waals surface area contributed by atoms with Crippen LogP contribution in [0.3, 0.4) is 0 Å². The summed E-state index contributed by atoms with van der Waals surface area (Å²) < 4.78 is 30.0. The van der Waals surface area contributed by atoms with E-state index < -0.39 is 37.6 Å². The molecule has 8 nitrogen and oxygen atoms in total.